The van der Waals surface area contributed by atoms with E-state index >= 15 is 0 Å². The molecule has 0 spiro atoms. The number of hydrogen-bond donors (Lipinski definition) is 2. The van der Waals surface area contributed by atoms with Crippen LogP contribution < -0.4 is 25.4 Å². The zero-order valence-electron chi connectivity index (χ0n) is 22.5. The van der Waals surface area contributed by atoms with Gasteiger partial charge in [-0.2, -0.15) is 10.4 Å². The molecule has 0 saturated carbocycles. The number of alkyl halides is 3. The Morgan fingerprint density at radius 1 is 1.14 bits per heavy atom. The largest absolute Gasteiger partial charge is 0.573 e. The molecule has 1 fully saturated rings. The van der Waals surface area contributed by atoms with Gasteiger partial charge in [0, 0.05) is 6.54 Å². The molecule has 3 aromatic carbocycles. The summed E-state index contributed by atoms with van der Waals surface area (Å²) in [5, 5.41) is 4.77. The summed E-state index contributed by atoms with van der Waals surface area (Å²) in [5.74, 6) is -0.192. The maximum absolute atomic E-state index is 12.6. The van der Waals surface area contributed by atoms with Gasteiger partial charge in [0.1, 0.15) is 18.3 Å². The molecule has 9 nitrogen and oxygen atoms in total. The van der Waals surface area contributed by atoms with Crippen LogP contribution in [0, 0.1) is 0 Å². The number of carbonyl (C=O) groups excluding carboxylic acids is 2. The summed E-state index contributed by atoms with van der Waals surface area (Å²) in [6.07, 6.45) is -2.30. The summed E-state index contributed by atoms with van der Waals surface area (Å²) in [6, 6.07) is 20.2. The highest BCUT2D eigenvalue weighted by molar-refractivity contribution is 8.15. The van der Waals surface area contributed by atoms with Gasteiger partial charge in [0.25, 0.3) is 0 Å². The molecule has 1 atom stereocenters. The number of benzene rings is 3. The van der Waals surface area contributed by atoms with E-state index in [1.807, 2.05) is 55.5 Å². The summed E-state index contributed by atoms with van der Waals surface area (Å²) in [4.78, 5) is 35.3. The molecule has 218 valence electrons. The molecule has 13 heteroatoms. The topological polar surface area (TPSA) is 98.6 Å². The Balaban J connectivity index is 1.15. The Morgan fingerprint density at radius 2 is 1.93 bits per heavy atom. The first-order chi connectivity index (χ1) is 20.2. The van der Waals surface area contributed by atoms with Crippen LogP contribution in [-0.4, -0.2) is 42.1 Å². The number of carbonyl (C=O) groups is 2. The molecule has 3 aromatic rings. The minimum Gasteiger partial charge on any atom is -0.406 e. The SMILES string of the molecule is CCc1ccccc1N1C(=O)CS/C1=N\C(=O)NCCc1cccc(C2N=CN(c3ccc(OC(F)(F)F)cc3)N2)c1. The molecule has 2 heterocycles. The number of anilines is 2. The number of rotatable bonds is 8. The van der Waals surface area contributed by atoms with Crippen LogP contribution in [0.2, 0.25) is 0 Å². The molecule has 0 aliphatic carbocycles. The fourth-order valence-electron chi connectivity index (χ4n) is 4.51. The molecule has 2 N–H and O–H groups in total. The van der Waals surface area contributed by atoms with E-state index in [0.717, 1.165) is 28.8 Å². The normalized spacial score (nSPS) is 17.8. The van der Waals surface area contributed by atoms with Crippen LogP contribution in [-0.2, 0) is 17.6 Å². The average Bonchev–Trinajstić information content (AvgIpc) is 3.60. The summed E-state index contributed by atoms with van der Waals surface area (Å²) in [5.41, 5.74) is 7.37. The highest BCUT2D eigenvalue weighted by atomic mass is 32.2. The predicted octanol–water partition coefficient (Wildman–Crippen LogP) is 5.59. The highest BCUT2D eigenvalue weighted by Crippen LogP contribution is 2.30. The Morgan fingerprint density at radius 3 is 2.69 bits per heavy atom. The van der Waals surface area contributed by atoms with Crippen LogP contribution in [0.1, 0.15) is 29.8 Å². The lowest BCUT2D eigenvalue weighted by Crippen LogP contribution is -2.33. The monoisotopic (exact) mass is 596 g/mol. The molecule has 1 saturated heterocycles. The van der Waals surface area contributed by atoms with Crippen LogP contribution in [0.3, 0.4) is 0 Å². The summed E-state index contributed by atoms with van der Waals surface area (Å²) in [6.45, 7) is 2.35. The van der Waals surface area contributed by atoms with Crippen LogP contribution in [0.25, 0.3) is 0 Å². The maximum atomic E-state index is 12.6. The van der Waals surface area contributed by atoms with Crippen molar-refractivity contribution in [2.75, 3.05) is 22.2 Å². The second-order valence-electron chi connectivity index (χ2n) is 9.33. The van der Waals surface area contributed by atoms with E-state index in [2.05, 4.69) is 25.5 Å². The molecule has 2 aliphatic heterocycles. The first-order valence-corrected chi connectivity index (χ1v) is 14.1. The number of hydrogen-bond acceptors (Lipinski definition) is 7. The van der Waals surface area contributed by atoms with Crippen molar-refractivity contribution in [2.24, 2.45) is 9.98 Å². The van der Waals surface area contributed by atoms with Gasteiger partial charge in [0.2, 0.25) is 5.91 Å². The summed E-state index contributed by atoms with van der Waals surface area (Å²) >= 11 is 1.24. The predicted molar refractivity (Wildman–Crippen MR) is 157 cm³/mol. The number of thioether (sulfide) groups is 1. The molecule has 0 bridgehead atoms. The number of amides is 3. The number of ether oxygens (including phenoxy) is 1. The minimum absolute atomic E-state index is 0.113. The van der Waals surface area contributed by atoms with E-state index in [1.54, 1.807) is 11.3 Å². The molecule has 2 aliphatic rings. The van der Waals surface area contributed by atoms with Crippen LogP contribution in [0.15, 0.2) is 82.8 Å². The molecule has 0 aromatic heterocycles. The van der Waals surface area contributed by atoms with E-state index in [1.165, 1.54) is 40.9 Å². The number of amidine groups is 1. The first kappa shape index (κ1) is 29.1. The summed E-state index contributed by atoms with van der Waals surface area (Å²) < 4.78 is 41.2. The third-order valence-corrected chi connectivity index (χ3v) is 7.40. The lowest BCUT2D eigenvalue weighted by Gasteiger charge is -2.19. The van der Waals surface area contributed by atoms with Gasteiger partial charge in [-0.25, -0.2) is 9.79 Å². The van der Waals surface area contributed by atoms with Crippen LogP contribution in [0.5, 0.6) is 5.75 Å². The maximum Gasteiger partial charge on any atom is 0.573 e. The quantitative estimate of drug-likeness (QED) is 0.352. The number of halogens is 3. The van der Waals surface area contributed by atoms with Crippen molar-refractivity contribution in [3.05, 3.63) is 89.5 Å². The number of urea groups is 1. The van der Waals surface area contributed by atoms with Gasteiger partial charge < -0.3 is 10.1 Å². The van der Waals surface area contributed by atoms with Gasteiger partial charge >= 0.3 is 12.4 Å². The van der Waals surface area contributed by atoms with Gasteiger partial charge in [0.05, 0.1) is 17.1 Å². The lowest BCUT2D eigenvalue weighted by atomic mass is 10.1. The van der Waals surface area contributed by atoms with E-state index in [-0.39, 0.29) is 17.4 Å². The average molecular weight is 597 g/mol. The number of para-hydroxylation sites is 1. The molecule has 0 radical (unpaired) electrons. The standard InChI is InChI=1S/C29H27F3N6O3S/c1-2-20-7-3-4-9-24(20)38-25(39)17-42-28(38)35-27(40)33-15-14-19-6-5-8-21(16-19)26-34-18-37(36-26)22-10-12-23(13-11-22)41-29(30,31)32/h3-13,16,18,26,36H,2,14-15,17H2,1H3,(H,33,40)/b35-28-. The van der Waals surface area contributed by atoms with Crippen molar-refractivity contribution >= 4 is 46.6 Å². The van der Waals surface area contributed by atoms with Crippen LogP contribution in [0.4, 0.5) is 29.3 Å². The van der Waals surface area contributed by atoms with Gasteiger partial charge in [-0.05, 0) is 59.9 Å². The summed E-state index contributed by atoms with van der Waals surface area (Å²) in [7, 11) is 0. The number of hydrazine groups is 1. The Kier molecular flexibility index (Phi) is 8.78. The second kappa shape index (κ2) is 12.7. The van der Waals surface area contributed by atoms with Crippen molar-refractivity contribution in [3.8, 4) is 5.75 Å². The van der Waals surface area contributed by atoms with Crippen molar-refractivity contribution in [1.29, 1.82) is 0 Å². The number of nitrogens with one attached hydrogen (secondary N) is 2. The molecule has 1 unspecified atom stereocenters. The molecular formula is C29H27F3N6O3S. The second-order valence-corrected chi connectivity index (χ2v) is 10.3. The molecule has 3 amide bonds. The Labute approximate surface area is 244 Å². The van der Waals surface area contributed by atoms with Crippen molar-refractivity contribution in [2.45, 2.75) is 32.3 Å². The van der Waals surface area contributed by atoms with Crippen molar-refractivity contribution < 1.29 is 27.5 Å². The van der Waals surface area contributed by atoms with E-state index in [4.69, 9.17) is 0 Å². The fraction of sp³-hybridized carbons (Fsp3) is 0.241. The van der Waals surface area contributed by atoms with E-state index in [9.17, 15) is 22.8 Å². The van der Waals surface area contributed by atoms with E-state index in [0.29, 0.717) is 23.8 Å². The number of nitrogens with zero attached hydrogens (tertiary/aromatic N) is 4. The number of aliphatic imine (C=N–C) groups is 2. The van der Waals surface area contributed by atoms with Gasteiger partial charge in [-0.1, -0.05) is 61.2 Å². The highest BCUT2D eigenvalue weighted by Gasteiger charge is 2.32. The number of aryl methyl sites for hydroxylation is 1. The van der Waals surface area contributed by atoms with Gasteiger partial charge in [-0.3, -0.25) is 14.7 Å². The third-order valence-electron chi connectivity index (χ3n) is 6.47. The fourth-order valence-corrected chi connectivity index (χ4v) is 5.37. The first-order valence-electron chi connectivity index (χ1n) is 13.1. The molecular weight excluding hydrogens is 569 g/mol. The van der Waals surface area contributed by atoms with Crippen molar-refractivity contribution in [1.82, 2.24) is 10.7 Å². The van der Waals surface area contributed by atoms with E-state index < -0.39 is 18.6 Å². The zero-order valence-corrected chi connectivity index (χ0v) is 23.3. The zero-order chi connectivity index (χ0) is 29.7. The Hall–Kier alpha value is -4.36. The molecule has 5 rings (SSSR count). The van der Waals surface area contributed by atoms with Gasteiger partial charge in [0.15, 0.2) is 5.17 Å². The third kappa shape index (κ3) is 7.09. The smallest absolute Gasteiger partial charge is 0.406 e. The van der Waals surface area contributed by atoms with Gasteiger partial charge in [-0.15, -0.1) is 13.2 Å². The Bertz CT molecular complexity index is 1510. The molecule has 42 heavy (non-hydrogen) atoms. The van der Waals surface area contributed by atoms with Crippen molar-refractivity contribution in [3.63, 3.8) is 0 Å². The van der Waals surface area contributed by atoms with Crippen LogP contribution >= 0.6 is 11.8 Å². The minimum atomic E-state index is -4.75. The lowest BCUT2D eigenvalue weighted by molar-refractivity contribution is -0.274.